The molecule has 0 aliphatic carbocycles. The van der Waals surface area contributed by atoms with Gasteiger partial charge in [0.1, 0.15) is 0 Å². The molecule has 3 aromatic rings. The number of anilines is 2. The van der Waals surface area contributed by atoms with Crippen LogP contribution in [-0.4, -0.2) is 27.1 Å². The lowest BCUT2D eigenvalue weighted by atomic mass is 10.0. The van der Waals surface area contributed by atoms with Crippen LogP contribution in [0.4, 0.5) is 11.4 Å². The van der Waals surface area contributed by atoms with E-state index >= 15 is 0 Å². The van der Waals surface area contributed by atoms with Gasteiger partial charge in [0.25, 0.3) is 5.91 Å². The Morgan fingerprint density at radius 1 is 1.04 bits per heavy atom. The van der Waals surface area contributed by atoms with Crippen LogP contribution in [0.5, 0.6) is 0 Å². The zero-order chi connectivity index (χ0) is 19.0. The van der Waals surface area contributed by atoms with Crippen molar-refractivity contribution < 1.29 is 13.2 Å². The summed E-state index contributed by atoms with van der Waals surface area (Å²) in [5.41, 5.74) is 2.92. The second-order valence-corrected chi connectivity index (χ2v) is 8.67. The monoisotopic (exact) mass is 380 g/mol. The van der Waals surface area contributed by atoms with Crippen molar-refractivity contribution in [3.05, 3.63) is 71.8 Å². The second kappa shape index (κ2) is 6.70. The van der Waals surface area contributed by atoms with E-state index in [0.29, 0.717) is 23.5 Å². The summed E-state index contributed by atoms with van der Waals surface area (Å²) < 4.78 is 25.4. The minimum atomic E-state index is -3.30. The maximum Gasteiger partial charge on any atom is 0.256 e. The molecule has 0 saturated carbocycles. The van der Waals surface area contributed by atoms with Crippen LogP contribution in [0.1, 0.15) is 22.3 Å². The molecular weight excluding hydrogens is 360 g/mol. The van der Waals surface area contributed by atoms with Crippen LogP contribution in [0.2, 0.25) is 0 Å². The molecule has 1 amide bonds. The summed E-state index contributed by atoms with van der Waals surface area (Å²) in [5, 5.41) is 4.86. The first-order valence-corrected chi connectivity index (χ1v) is 10.7. The molecule has 0 spiro atoms. The Morgan fingerprint density at radius 3 is 2.63 bits per heavy atom. The summed E-state index contributed by atoms with van der Waals surface area (Å²) in [6.07, 6.45) is 2.78. The molecular formula is C21H20N2O3S. The Balaban J connectivity index is 1.65. The van der Waals surface area contributed by atoms with E-state index in [-0.39, 0.29) is 5.91 Å². The lowest BCUT2D eigenvalue weighted by Crippen LogP contribution is -2.34. The van der Waals surface area contributed by atoms with Gasteiger partial charge in [-0.2, -0.15) is 0 Å². The van der Waals surface area contributed by atoms with Crippen LogP contribution in [0, 0.1) is 0 Å². The Bertz CT molecular complexity index is 1130. The topological polar surface area (TPSA) is 66.5 Å². The highest BCUT2D eigenvalue weighted by Gasteiger charge is 2.24. The molecule has 5 nitrogen and oxygen atoms in total. The number of aryl methyl sites for hydroxylation is 1. The number of rotatable bonds is 3. The van der Waals surface area contributed by atoms with Crippen molar-refractivity contribution in [1.29, 1.82) is 0 Å². The molecule has 138 valence electrons. The van der Waals surface area contributed by atoms with Crippen molar-refractivity contribution in [2.75, 3.05) is 22.4 Å². The van der Waals surface area contributed by atoms with Crippen molar-refractivity contribution in [2.45, 2.75) is 12.8 Å². The second-order valence-electron chi connectivity index (χ2n) is 6.76. The molecule has 4 rings (SSSR count). The Hall–Kier alpha value is -2.86. The van der Waals surface area contributed by atoms with Gasteiger partial charge in [-0.05, 0) is 53.4 Å². The van der Waals surface area contributed by atoms with E-state index in [1.807, 2.05) is 48.5 Å². The van der Waals surface area contributed by atoms with Gasteiger partial charge in [0.15, 0.2) is 0 Å². The van der Waals surface area contributed by atoms with Crippen LogP contribution in [-0.2, 0) is 16.4 Å². The Kier molecular flexibility index (Phi) is 4.36. The van der Waals surface area contributed by atoms with Crippen molar-refractivity contribution in [1.82, 2.24) is 0 Å². The maximum atomic E-state index is 12.8. The van der Waals surface area contributed by atoms with E-state index in [1.54, 1.807) is 12.1 Å². The first-order chi connectivity index (χ1) is 12.9. The highest BCUT2D eigenvalue weighted by molar-refractivity contribution is 7.92. The van der Waals surface area contributed by atoms with E-state index in [9.17, 15) is 13.2 Å². The lowest BCUT2D eigenvalue weighted by Gasteiger charge is -2.29. The van der Waals surface area contributed by atoms with E-state index < -0.39 is 10.0 Å². The van der Waals surface area contributed by atoms with Crippen LogP contribution in [0.25, 0.3) is 10.8 Å². The number of hydrogen-bond acceptors (Lipinski definition) is 3. The van der Waals surface area contributed by atoms with Gasteiger partial charge in [-0.1, -0.05) is 36.4 Å². The minimum Gasteiger partial charge on any atom is -0.322 e. The number of amides is 1. The number of hydrogen-bond donors (Lipinski definition) is 1. The largest absolute Gasteiger partial charge is 0.322 e. The molecule has 0 bridgehead atoms. The van der Waals surface area contributed by atoms with Gasteiger partial charge < -0.3 is 5.32 Å². The van der Waals surface area contributed by atoms with Gasteiger partial charge in [0.05, 0.1) is 11.9 Å². The van der Waals surface area contributed by atoms with Crippen LogP contribution in [0.15, 0.2) is 60.7 Å². The zero-order valence-corrected chi connectivity index (χ0v) is 15.8. The van der Waals surface area contributed by atoms with E-state index in [4.69, 9.17) is 0 Å². The number of benzene rings is 3. The lowest BCUT2D eigenvalue weighted by molar-refractivity contribution is 0.102. The molecule has 1 aliphatic rings. The smallest absolute Gasteiger partial charge is 0.256 e. The number of nitrogens with zero attached hydrogens (tertiary/aromatic N) is 1. The summed E-state index contributed by atoms with van der Waals surface area (Å²) in [4.78, 5) is 12.8. The third-order valence-electron chi connectivity index (χ3n) is 4.85. The Labute approximate surface area is 158 Å². The summed E-state index contributed by atoms with van der Waals surface area (Å²) in [6.45, 7) is 0.494. The molecule has 27 heavy (non-hydrogen) atoms. The fraction of sp³-hybridized carbons (Fsp3) is 0.190. The summed E-state index contributed by atoms with van der Waals surface area (Å²) >= 11 is 0. The average molecular weight is 380 g/mol. The van der Waals surface area contributed by atoms with Crippen molar-refractivity contribution >= 4 is 38.1 Å². The summed E-state index contributed by atoms with van der Waals surface area (Å²) in [5.74, 6) is -0.178. The van der Waals surface area contributed by atoms with Gasteiger partial charge >= 0.3 is 0 Å². The van der Waals surface area contributed by atoms with Gasteiger partial charge in [0.2, 0.25) is 10.0 Å². The van der Waals surface area contributed by atoms with Crippen molar-refractivity contribution in [3.8, 4) is 0 Å². The molecule has 0 aromatic heterocycles. The molecule has 1 heterocycles. The summed E-state index contributed by atoms with van der Waals surface area (Å²) in [6, 6.07) is 18.8. The molecule has 0 saturated heterocycles. The maximum absolute atomic E-state index is 12.8. The van der Waals surface area contributed by atoms with E-state index in [0.717, 1.165) is 29.2 Å². The van der Waals surface area contributed by atoms with Crippen LogP contribution >= 0.6 is 0 Å². The average Bonchev–Trinajstić information content (AvgIpc) is 2.66. The highest BCUT2D eigenvalue weighted by atomic mass is 32.2. The normalized spacial score (nSPS) is 14.0. The molecule has 0 fully saturated rings. The van der Waals surface area contributed by atoms with E-state index in [1.165, 1.54) is 10.6 Å². The number of carbonyl (C=O) groups is 1. The molecule has 1 N–H and O–H groups in total. The zero-order valence-electron chi connectivity index (χ0n) is 15.0. The fourth-order valence-corrected chi connectivity index (χ4v) is 4.60. The summed E-state index contributed by atoms with van der Waals surface area (Å²) in [7, 11) is -3.30. The predicted molar refractivity (Wildman–Crippen MR) is 109 cm³/mol. The fourth-order valence-electron chi connectivity index (χ4n) is 3.61. The molecule has 6 heteroatoms. The Morgan fingerprint density at radius 2 is 1.81 bits per heavy atom. The van der Waals surface area contributed by atoms with Gasteiger partial charge in [0, 0.05) is 17.8 Å². The van der Waals surface area contributed by atoms with Crippen LogP contribution < -0.4 is 9.62 Å². The van der Waals surface area contributed by atoms with Crippen molar-refractivity contribution in [2.24, 2.45) is 0 Å². The first kappa shape index (κ1) is 17.5. The third kappa shape index (κ3) is 3.40. The molecule has 0 atom stereocenters. The van der Waals surface area contributed by atoms with Gasteiger partial charge in [-0.3, -0.25) is 9.10 Å². The molecule has 3 aromatic carbocycles. The number of fused-ring (bicyclic) bond motifs is 2. The van der Waals surface area contributed by atoms with Crippen LogP contribution in [0.3, 0.4) is 0 Å². The quantitative estimate of drug-likeness (QED) is 0.751. The van der Waals surface area contributed by atoms with E-state index in [2.05, 4.69) is 5.32 Å². The van der Waals surface area contributed by atoms with Gasteiger partial charge in [-0.25, -0.2) is 8.42 Å². The SMILES string of the molecule is CS(=O)(=O)N1CCCc2cc(NC(=O)c3cccc4ccccc34)ccc21. The highest BCUT2D eigenvalue weighted by Crippen LogP contribution is 2.31. The standard InChI is InChI=1S/C21H20N2O3S/c1-27(25,26)23-13-5-8-16-14-17(11-12-20(16)23)22-21(24)19-10-4-7-15-6-2-3-9-18(15)19/h2-4,6-7,9-12,14H,5,8,13H2,1H3,(H,22,24). The first-order valence-electron chi connectivity index (χ1n) is 8.83. The molecule has 0 radical (unpaired) electrons. The van der Waals surface area contributed by atoms with Crippen molar-refractivity contribution in [3.63, 3.8) is 0 Å². The minimum absolute atomic E-state index is 0.178. The number of nitrogens with one attached hydrogen (secondary N) is 1. The number of sulfonamides is 1. The predicted octanol–water partition coefficient (Wildman–Crippen LogP) is 3.80. The molecule has 0 unspecified atom stereocenters. The molecule has 1 aliphatic heterocycles. The third-order valence-corrected chi connectivity index (χ3v) is 6.03. The number of carbonyl (C=O) groups excluding carboxylic acids is 1. The van der Waals surface area contributed by atoms with Gasteiger partial charge in [-0.15, -0.1) is 0 Å².